The van der Waals surface area contributed by atoms with Crippen molar-refractivity contribution in [2.24, 2.45) is 10.8 Å². The number of nitrogens with zero attached hydrogens (tertiary/aromatic N) is 1. The Hall–Kier alpha value is -1.71. The summed E-state index contributed by atoms with van der Waals surface area (Å²) >= 11 is 0.427. The number of aromatic nitrogens is 1. The van der Waals surface area contributed by atoms with Gasteiger partial charge in [0.2, 0.25) is 0 Å². The quantitative estimate of drug-likeness (QED) is 0.165. The van der Waals surface area contributed by atoms with Gasteiger partial charge < -0.3 is 5.11 Å². The third kappa shape index (κ3) is 8.20. The van der Waals surface area contributed by atoms with Crippen molar-refractivity contribution in [2.75, 3.05) is 0 Å². The van der Waals surface area contributed by atoms with Crippen LogP contribution in [0.5, 0.6) is 11.6 Å². The molecule has 3 aromatic rings. The van der Waals surface area contributed by atoms with Gasteiger partial charge in [0.1, 0.15) is 5.76 Å². The first-order valence-corrected chi connectivity index (χ1v) is 11.2. The second-order valence-electron chi connectivity index (χ2n) is 8.70. The van der Waals surface area contributed by atoms with Crippen LogP contribution in [0, 0.1) is 16.9 Å². The van der Waals surface area contributed by atoms with Crippen LogP contribution in [0.25, 0.3) is 9.65 Å². The van der Waals surface area contributed by atoms with Crippen molar-refractivity contribution in [1.29, 1.82) is 0 Å². The van der Waals surface area contributed by atoms with E-state index in [0.717, 1.165) is 0 Å². The summed E-state index contributed by atoms with van der Waals surface area (Å²) in [5.41, 5.74) is -0.764. The molecular formula is C24H28IrNO3Se-. The van der Waals surface area contributed by atoms with Crippen molar-refractivity contribution in [3.05, 3.63) is 65.4 Å². The number of benzene rings is 1. The van der Waals surface area contributed by atoms with Gasteiger partial charge in [0, 0.05) is 37.0 Å². The molecule has 0 fully saturated rings. The molecule has 0 unspecified atom stereocenters. The number of fused-ring (bicyclic) bond motifs is 1. The molecule has 0 saturated heterocycles. The molecule has 6 heteroatoms. The van der Waals surface area contributed by atoms with Crippen molar-refractivity contribution >= 4 is 29.9 Å². The molecule has 0 spiro atoms. The van der Waals surface area contributed by atoms with Gasteiger partial charge in [0.25, 0.3) is 0 Å². The fourth-order valence-electron chi connectivity index (χ4n) is 2.00. The maximum atomic E-state index is 11.5. The van der Waals surface area contributed by atoms with E-state index in [0.29, 0.717) is 26.1 Å². The van der Waals surface area contributed by atoms with E-state index in [-0.39, 0.29) is 37.1 Å². The number of hydrogen-bond acceptors (Lipinski definition) is 4. The minimum atomic E-state index is -0.417. The normalized spacial score (nSPS) is 11.9. The van der Waals surface area contributed by atoms with E-state index in [4.69, 9.17) is 4.74 Å². The molecule has 0 aliphatic heterocycles. The number of allylic oxidation sites excluding steroid dienone is 2. The van der Waals surface area contributed by atoms with E-state index >= 15 is 0 Å². The molecule has 1 aromatic carbocycles. The maximum absolute atomic E-state index is 11.5. The van der Waals surface area contributed by atoms with Gasteiger partial charge in [-0.05, 0) is 0 Å². The van der Waals surface area contributed by atoms with Crippen molar-refractivity contribution in [2.45, 2.75) is 41.5 Å². The molecule has 4 nitrogen and oxygen atoms in total. The van der Waals surface area contributed by atoms with E-state index in [2.05, 4.69) is 22.1 Å². The Morgan fingerprint density at radius 3 is 2.40 bits per heavy atom. The van der Waals surface area contributed by atoms with Gasteiger partial charge in [-0.2, -0.15) is 0 Å². The number of carbonyl (C=O) groups excluding carboxylic acids is 1. The van der Waals surface area contributed by atoms with Gasteiger partial charge in [-0.15, -0.1) is 0 Å². The van der Waals surface area contributed by atoms with Crippen LogP contribution in [-0.4, -0.2) is 30.4 Å². The van der Waals surface area contributed by atoms with Gasteiger partial charge in [0.15, 0.2) is 5.78 Å². The molecule has 0 aliphatic rings. The van der Waals surface area contributed by atoms with Crippen molar-refractivity contribution in [3.63, 3.8) is 0 Å². The third-order valence-corrected chi connectivity index (χ3v) is 5.83. The van der Waals surface area contributed by atoms with Crippen molar-refractivity contribution in [1.82, 2.24) is 4.98 Å². The molecule has 1 radical (unpaired) electrons. The molecule has 0 saturated carbocycles. The van der Waals surface area contributed by atoms with Gasteiger partial charge in [-0.1, -0.05) is 41.5 Å². The second-order valence-corrected chi connectivity index (χ2v) is 10.7. The molecule has 1 N–H and O–H groups in total. The van der Waals surface area contributed by atoms with Gasteiger partial charge >= 0.3 is 99.1 Å². The number of pyridine rings is 1. The first-order chi connectivity index (χ1) is 13.5. The Morgan fingerprint density at radius 2 is 1.83 bits per heavy atom. The molecule has 163 valence electrons. The van der Waals surface area contributed by atoms with E-state index in [9.17, 15) is 9.90 Å². The first-order valence-electron chi connectivity index (χ1n) is 9.40. The molecule has 2 heterocycles. The van der Waals surface area contributed by atoms with E-state index in [1.54, 1.807) is 0 Å². The summed E-state index contributed by atoms with van der Waals surface area (Å²) in [5, 5.41) is 10.8. The second kappa shape index (κ2) is 11.1. The summed E-state index contributed by atoms with van der Waals surface area (Å²) in [6, 6.07) is 14.7. The van der Waals surface area contributed by atoms with Crippen LogP contribution < -0.4 is 4.74 Å². The van der Waals surface area contributed by atoms with Crippen LogP contribution in [0.4, 0.5) is 0 Å². The fourth-order valence-corrected chi connectivity index (χ4v) is 3.65. The first kappa shape index (κ1) is 26.3. The summed E-state index contributed by atoms with van der Waals surface area (Å²) in [7, 11) is 0. The Bertz CT molecular complexity index is 983. The number of ketones is 1. The molecule has 0 atom stereocenters. The summed E-state index contributed by atoms with van der Waals surface area (Å²) < 4.78 is 6.95. The zero-order valence-corrected chi connectivity index (χ0v) is 22.3. The number of aliphatic hydroxyl groups is 1. The summed E-state index contributed by atoms with van der Waals surface area (Å²) in [6.07, 6.45) is 3.19. The third-order valence-electron chi connectivity index (χ3n) is 3.98. The topological polar surface area (TPSA) is 59.4 Å². The average Bonchev–Trinajstić information content (AvgIpc) is 3.09. The molecule has 0 amide bonds. The van der Waals surface area contributed by atoms with Crippen LogP contribution >= 0.6 is 0 Å². The molecule has 0 bridgehead atoms. The van der Waals surface area contributed by atoms with Gasteiger partial charge in [0.05, 0.1) is 0 Å². The van der Waals surface area contributed by atoms with Crippen molar-refractivity contribution in [3.8, 4) is 11.6 Å². The van der Waals surface area contributed by atoms with Crippen molar-refractivity contribution < 1.29 is 34.7 Å². The molecular weight excluding hydrogens is 621 g/mol. The molecule has 0 aliphatic carbocycles. The SMILES string of the molecule is CC(C)(C)C(=O)/C=C(\O)C(C)(C)C.[Ir].[c-]1ccccc1Oc1cc2[se]ccc2cn1. The number of carbonyl (C=O) groups is 1. The van der Waals surface area contributed by atoms with Crippen LogP contribution in [-0.2, 0) is 24.9 Å². The Kier molecular flexibility index (Phi) is 9.71. The van der Waals surface area contributed by atoms with E-state index < -0.39 is 5.41 Å². The standard InChI is InChI=1S/C13H8NOSe.C11H20O2.Ir/c1-2-4-11(5-3-1)15-13-8-12-10(9-14-13)6-7-16-12;1-10(2,3)8(12)7-9(13)11(4,5)6;/h1-4,6-9H;7,12H,1-6H3;/q-1;;/b;8-7-;. The zero-order valence-electron chi connectivity index (χ0n) is 18.1. The number of para-hydroxylation sites is 1. The Labute approximate surface area is 198 Å². The van der Waals surface area contributed by atoms with Crippen LogP contribution in [0.15, 0.2) is 59.4 Å². The van der Waals surface area contributed by atoms with E-state index in [1.807, 2.05) is 78.1 Å². The number of ether oxygens (including phenoxy) is 1. The number of hydrogen-bond donors (Lipinski definition) is 1. The van der Waals surface area contributed by atoms with Crippen LogP contribution in [0.3, 0.4) is 0 Å². The van der Waals surface area contributed by atoms with E-state index in [1.165, 1.54) is 15.7 Å². The Balaban J connectivity index is 0.000000299. The fraction of sp³-hybridized carbons (Fsp3) is 0.333. The molecule has 3 rings (SSSR count). The predicted molar refractivity (Wildman–Crippen MR) is 119 cm³/mol. The molecule has 2 aromatic heterocycles. The monoisotopic (exact) mass is 651 g/mol. The molecule has 30 heavy (non-hydrogen) atoms. The summed E-state index contributed by atoms with van der Waals surface area (Å²) in [5.74, 6) is 1.45. The minimum absolute atomic E-state index is 0. The van der Waals surface area contributed by atoms with Crippen LogP contribution in [0.1, 0.15) is 41.5 Å². The Morgan fingerprint density at radius 1 is 1.13 bits per heavy atom. The summed E-state index contributed by atoms with van der Waals surface area (Å²) in [4.78, 5) is 17.9. The predicted octanol–water partition coefficient (Wildman–Crippen LogP) is 5.97. The van der Waals surface area contributed by atoms with Crippen LogP contribution in [0.2, 0.25) is 0 Å². The number of rotatable bonds is 3. The average molecular weight is 650 g/mol. The number of aliphatic hydroxyl groups excluding tert-OH is 1. The zero-order chi connectivity index (χ0) is 21.7. The summed E-state index contributed by atoms with van der Waals surface area (Å²) in [6.45, 7) is 11.1. The van der Waals surface area contributed by atoms with Gasteiger partial charge in [-0.3, -0.25) is 4.79 Å². The van der Waals surface area contributed by atoms with Gasteiger partial charge in [-0.25, -0.2) is 0 Å².